The van der Waals surface area contributed by atoms with Gasteiger partial charge in [-0.3, -0.25) is 4.79 Å². The number of carbonyl (C=O) groups excluding carboxylic acids is 1. The van der Waals surface area contributed by atoms with E-state index in [9.17, 15) is 18.2 Å². The molecular formula is C28H38FN3O4S. The zero-order valence-electron chi connectivity index (χ0n) is 22.1. The second-order valence-corrected chi connectivity index (χ2v) is 12.1. The number of carboxylic acids is 1. The van der Waals surface area contributed by atoms with Crippen LogP contribution in [0.15, 0.2) is 47.4 Å². The molecule has 1 aliphatic carbocycles. The van der Waals surface area contributed by atoms with Crippen LogP contribution in [0.2, 0.25) is 0 Å². The van der Waals surface area contributed by atoms with Crippen molar-refractivity contribution in [3.63, 3.8) is 0 Å². The molecule has 0 aromatic heterocycles. The van der Waals surface area contributed by atoms with Gasteiger partial charge in [-0.1, -0.05) is 39.0 Å². The van der Waals surface area contributed by atoms with E-state index in [1.54, 1.807) is 31.2 Å². The zero-order chi connectivity index (χ0) is 27.2. The van der Waals surface area contributed by atoms with Gasteiger partial charge in [0, 0.05) is 24.8 Å². The Kier molecular flexibility index (Phi) is 9.84. The molecule has 1 aliphatic rings. The summed E-state index contributed by atoms with van der Waals surface area (Å²) in [6, 6.07) is 11.6. The number of aryl methyl sites for hydroxylation is 1. The Bertz CT molecular complexity index is 1110. The van der Waals surface area contributed by atoms with Crippen LogP contribution < -0.4 is 10.0 Å². The third kappa shape index (κ3) is 8.36. The summed E-state index contributed by atoms with van der Waals surface area (Å²) in [5.74, 6) is -0.721. The minimum atomic E-state index is -1.52. The lowest BCUT2D eigenvalue weighted by Gasteiger charge is -2.41. The number of carbonyl (C=O) groups is 2. The predicted octanol–water partition coefficient (Wildman–Crippen LogP) is 5.86. The molecule has 1 atom stereocenters. The van der Waals surface area contributed by atoms with Gasteiger partial charge in [0.1, 0.15) is 16.8 Å². The molecule has 9 heteroatoms. The summed E-state index contributed by atoms with van der Waals surface area (Å²) >= 11 is 0. The number of rotatable bonds is 9. The number of urea groups is 1. The standard InChI is InChI=1S/C28H38FN3O4S/c1-19-5-10-22(17-25(19)29)31-27(35)32(23-11-8-21(9-12-23)28(2,3)4)18-20-6-13-24(14-7-20)37(36)30-16-15-26(33)34/h5-7,10,13-14,17,21,23,30H,8-9,11-12,15-16,18H2,1-4H3,(H,31,35)(H,33,34). The predicted molar refractivity (Wildman–Crippen MR) is 144 cm³/mol. The second-order valence-electron chi connectivity index (χ2n) is 10.8. The van der Waals surface area contributed by atoms with Crippen LogP contribution in [0.25, 0.3) is 0 Å². The van der Waals surface area contributed by atoms with Crippen LogP contribution in [0, 0.1) is 24.1 Å². The molecule has 2 amide bonds. The monoisotopic (exact) mass is 531 g/mol. The van der Waals surface area contributed by atoms with Crippen molar-refractivity contribution in [1.29, 1.82) is 0 Å². The molecule has 0 radical (unpaired) electrons. The first-order valence-corrected chi connectivity index (χ1v) is 13.9. The molecule has 2 aromatic rings. The Morgan fingerprint density at radius 3 is 2.30 bits per heavy atom. The number of amides is 2. The summed E-state index contributed by atoms with van der Waals surface area (Å²) in [6.07, 6.45) is 3.75. The highest BCUT2D eigenvalue weighted by Crippen LogP contribution is 2.39. The normalized spacial score (nSPS) is 18.7. The van der Waals surface area contributed by atoms with Gasteiger partial charge >= 0.3 is 12.0 Å². The molecule has 1 unspecified atom stereocenters. The van der Waals surface area contributed by atoms with Crippen LogP contribution >= 0.6 is 0 Å². The average Bonchev–Trinajstić information content (AvgIpc) is 2.84. The molecule has 3 N–H and O–H groups in total. The molecule has 202 valence electrons. The second kappa shape index (κ2) is 12.6. The van der Waals surface area contributed by atoms with Gasteiger partial charge in [-0.25, -0.2) is 18.1 Å². The van der Waals surface area contributed by atoms with Crippen LogP contribution in [-0.2, 0) is 22.3 Å². The molecular weight excluding hydrogens is 493 g/mol. The summed E-state index contributed by atoms with van der Waals surface area (Å²) in [6.45, 7) is 8.93. The lowest BCUT2D eigenvalue weighted by Crippen LogP contribution is -2.45. The maximum Gasteiger partial charge on any atom is 0.322 e. The van der Waals surface area contributed by atoms with Gasteiger partial charge in [-0.05, 0) is 79.3 Å². The molecule has 0 spiro atoms. The van der Waals surface area contributed by atoms with E-state index in [2.05, 4.69) is 30.8 Å². The third-order valence-corrected chi connectivity index (χ3v) is 8.28. The number of halogens is 1. The Hall–Kier alpha value is -2.78. The maximum absolute atomic E-state index is 14.1. The maximum atomic E-state index is 14.1. The van der Waals surface area contributed by atoms with Crippen molar-refractivity contribution in [2.75, 3.05) is 11.9 Å². The molecule has 0 heterocycles. The SMILES string of the molecule is Cc1ccc(NC(=O)N(Cc2ccc(S(=O)NCCC(=O)O)cc2)C2CCC(C(C)(C)C)CC2)cc1F. The third-order valence-electron chi connectivity index (χ3n) is 7.11. The van der Waals surface area contributed by atoms with Gasteiger partial charge in [0.05, 0.1) is 11.3 Å². The van der Waals surface area contributed by atoms with E-state index in [-0.39, 0.29) is 36.3 Å². The number of carboxylic acid groups (broad SMARTS) is 1. The number of nitrogens with zero attached hydrogens (tertiary/aromatic N) is 1. The van der Waals surface area contributed by atoms with Crippen molar-refractivity contribution < 1.29 is 23.3 Å². The van der Waals surface area contributed by atoms with E-state index in [0.29, 0.717) is 28.6 Å². The van der Waals surface area contributed by atoms with E-state index in [4.69, 9.17) is 5.11 Å². The van der Waals surface area contributed by atoms with Gasteiger partial charge in [0.25, 0.3) is 0 Å². The van der Waals surface area contributed by atoms with Crippen molar-refractivity contribution in [3.05, 3.63) is 59.4 Å². The van der Waals surface area contributed by atoms with Gasteiger partial charge in [-0.15, -0.1) is 0 Å². The molecule has 2 aromatic carbocycles. The van der Waals surface area contributed by atoms with Crippen LogP contribution in [-0.4, -0.2) is 38.8 Å². The fraction of sp³-hybridized carbons (Fsp3) is 0.500. The summed E-state index contributed by atoms with van der Waals surface area (Å²) in [7, 11) is -1.52. The highest BCUT2D eigenvalue weighted by Gasteiger charge is 2.33. The van der Waals surface area contributed by atoms with Crippen LogP contribution in [0.4, 0.5) is 14.9 Å². The molecule has 7 nitrogen and oxygen atoms in total. The molecule has 1 saturated carbocycles. The molecule has 3 rings (SSSR count). The number of hydrogen-bond donors (Lipinski definition) is 3. The van der Waals surface area contributed by atoms with Crippen molar-refractivity contribution in [2.24, 2.45) is 11.3 Å². The number of aliphatic carboxylic acids is 1. The Morgan fingerprint density at radius 1 is 1.08 bits per heavy atom. The van der Waals surface area contributed by atoms with E-state index < -0.39 is 17.0 Å². The van der Waals surface area contributed by atoms with Gasteiger partial charge < -0.3 is 15.3 Å². The highest BCUT2D eigenvalue weighted by molar-refractivity contribution is 7.83. The number of anilines is 1. The molecule has 0 bridgehead atoms. The molecule has 0 aliphatic heterocycles. The number of benzene rings is 2. The lowest BCUT2D eigenvalue weighted by molar-refractivity contribution is -0.136. The van der Waals surface area contributed by atoms with Gasteiger partial charge in [-0.2, -0.15) is 0 Å². The fourth-order valence-corrected chi connectivity index (χ4v) is 5.57. The molecule has 0 saturated heterocycles. The lowest BCUT2D eigenvalue weighted by atomic mass is 9.71. The first-order chi connectivity index (χ1) is 17.4. The van der Waals surface area contributed by atoms with Crippen LogP contribution in [0.5, 0.6) is 0 Å². The summed E-state index contributed by atoms with van der Waals surface area (Å²) in [4.78, 5) is 26.5. The van der Waals surface area contributed by atoms with Crippen molar-refractivity contribution in [3.8, 4) is 0 Å². The highest BCUT2D eigenvalue weighted by atomic mass is 32.2. The molecule has 37 heavy (non-hydrogen) atoms. The summed E-state index contributed by atoms with van der Waals surface area (Å²) in [5, 5.41) is 11.6. The van der Waals surface area contributed by atoms with E-state index >= 15 is 0 Å². The Labute approximate surface area is 221 Å². The average molecular weight is 532 g/mol. The van der Waals surface area contributed by atoms with Crippen LogP contribution in [0.3, 0.4) is 0 Å². The quantitative estimate of drug-likeness (QED) is 0.377. The fourth-order valence-electron chi connectivity index (χ4n) is 4.74. The topological polar surface area (TPSA) is 98.7 Å². The van der Waals surface area contributed by atoms with E-state index in [0.717, 1.165) is 31.2 Å². The zero-order valence-corrected chi connectivity index (χ0v) is 22.9. The van der Waals surface area contributed by atoms with Crippen molar-refractivity contribution >= 4 is 28.7 Å². The Morgan fingerprint density at radius 2 is 1.73 bits per heavy atom. The van der Waals surface area contributed by atoms with Gasteiger partial charge in [0.15, 0.2) is 0 Å². The Balaban J connectivity index is 1.73. The molecule has 1 fully saturated rings. The largest absolute Gasteiger partial charge is 0.481 e. The summed E-state index contributed by atoms with van der Waals surface area (Å²) in [5.41, 5.74) is 2.04. The number of hydrogen-bond acceptors (Lipinski definition) is 3. The van der Waals surface area contributed by atoms with E-state index in [1.807, 2.05) is 17.0 Å². The summed E-state index contributed by atoms with van der Waals surface area (Å²) < 4.78 is 29.2. The first kappa shape index (κ1) is 28.8. The van der Waals surface area contributed by atoms with Crippen LogP contribution in [0.1, 0.15) is 64.0 Å². The van der Waals surface area contributed by atoms with Gasteiger partial charge in [0.2, 0.25) is 0 Å². The van der Waals surface area contributed by atoms with E-state index in [1.165, 1.54) is 6.07 Å². The minimum Gasteiger partial charge on any atom is -0.481 e. The minimum absolute atomic E-state index is 0.0559. The first-order valence-electron chi connectivity index (χ1n) is 12.7. The van der Waals surface area contributed by atoms with Crippen molar-refractivity contribution in [2.45, 2.75) is 77.3 Å². The van der Waals surface area contributed by atoms with Crippen molar-refractivity contribution in [1.82, 2.24) is 9.62 Å². The smallest absolute Gasteiger partial charge is 0.322 e. The number of nitrogens with one attached hydrogen (secondary N) is 2.